The smallest absolute Gasteiger partial charge is 0.348 e. The van der Waals surface area contributed by atoms with Crippen LogP contribution in [0.4, 0.5) is 4.79 Å². The second-order valence-electron chi connectivity index (χ2n) is 6.37. The summed E-state index contributed by atoms with van der Waals surface area (Å²) in [5.41, 5.74) is -0.223. The van der Waals surface area contributed by atoms with Gasteiger partial charge in [0.2, 0.25) is 11.8 Å². The van der Waals surface area contributed by atoms with Crippen molar-refractivity contribution in [2.24, 2.45) is 5.92 Å². The van der Waals surface area contributed by atoms with Crippen LogP contribution in [0.5, 0.6) is 0 Å². The summed E-state index contributed by atoms with van der Waals surface area (Å²) in [5.74, 6) is -5.74. The van der Waals surface area contributed by atoms with Gasteiger partial charge in [-0.1, -0.05) is 0 Å². The van der Waals surface area contributed by atoms with Crippen LogP contribution >= 0.6 is 11.3 Å². The summed E-state index contributed by atoms with van der Waals surface area (Å²) in [5, 5.41) is 13.1. The van der Waals surface area contributed by atoms with Gasteiger partial charge in [0.1, 0.15) is 16.9 Å². The maximum atomic E-state index is 12.8. The van der Waals surface area contributed by atoms with Gasteiger partial charge in [-0.2, -0.15) is 5.26 Å². The first kappa shape index (κ1) is 24.4. The number of carbonyl (C=O) groups excluding carboxylic acids is 6. The molecule has 2 N–H and O–H groups in total. The number of nitrogens with zero attached hydrogens (tertiary/aromatic N) is 1. The molecule has 1 aromatic rings. The van der Waals surface area contributed by atoms with Crippen molar-refractivity contribution < 1.29 is 38.2 Å². The molecule has 1 fully saturated rings. The second-order valence-corrected chi connectivity index (χ2v) is 7.48. The summed E-state index contributed by atoms with van der Waals surface area (Å²) in [6.07, 6.45) is 0.379. The molecule has 0 radical (unpaired) electrons. The highest BCUT2D eigenvalue weighted by Crippen LogP contribution is 2.31. The van der Waals surface area contributed by atoms with E-state index >= 15 is 0 Å². The monoisotopic (exact) mass is 461 g/mol. The molecule has 1 aliphatic heterocycles. The van der Waals surface area contributed by atoms with Crippen molar-refractivity contribution in [1.82, 2.24) is 10.6 Å². The van der Waals surface area contributed by atoms with Crippen LogP contribution in [0.1, 0.15) is 44.3 Å². The van der Waals surface area contributed by atoms with Crippen molar-refractivity contribution in [3.63, 3.8) is 0 Å². The number of hydrogen-bond acceptors (Lipinski definition) is 10. The third kappa shape index (κ3) is 5.25. The van der Waals surface area contributed by atoms with E-state index in [0.29, 0.717) is 0 Å². The molecular weight excluding hydrogens is 442 g/mol. The quantitative estimate of drug-likeness (QED) is 0.248. The minimum Gasteiger partial charge on any atom is -0.462 e. The Morgan fingerprint density at radius 2 is 1.62 bits per heavy atom. The number of imide groups is 2. The van der Waals surface area contributed by atoms with Crippen LogP contribution in [-0.4, -0.2) is 48.8 Å². The maximum Gasteiger partial charge on any atom is 0.348 e. The number of nitrogens with one attached hydrogen (secondary N) is 2. The lowest BCUT2D eigenvalue weighted by Gasteiger charge is -2.17. The average Bonchev–Trinajstić information content (AvgIpc) is 3.03. The van der Waals surface area contributed by atoms with Crippen LogP contribution in [0.25, 0.3) is 0 Å². The number of esters is 2. The zero-order chi connectivity index (χ0) is 24.0. The molecule has 1 saturated heterocycles. The van der Waals surface area contributed by atoms with E-state index in [2.05, 4.69) is 0 Å². The number of amides is 4. The molecule has 32 heavy (non-hydrogen) atoms. The summed E-state index contributed by atoms with van der Waals surface area (Å²) in [6.45, 7) is 4.89. The number of ketones is 1. The molecule has 11 nitrogen and oxygen atoms in total. The first-order chi connectivity index (χ1) is 15.1. The number of carbonyl (C=O) groups is 6. The summed E-state index contributed by atoms with van der Waals surface area (Å²) >= 11 is 0.856. The molecule has 4 amide bonds. The molecule has 1 aromatic heterocycles. The Morgan fingerprint density at radius 3 is 2.16 bits per heavy atom. The molecule has 0 aromatic carbocycles. The number of allylic oxidation sites excluding steroid dienone is 1. The summed E-state index contributed by atoms with van der Waals surface area (Å²) < 4.78 is 10.00. The van der Waals surface area contributed by atoms with Crippen molar-refractivity contribution >= 4 is 46.9 Å². The van der Waals surface area contributed by atoms with Crippen LogP contribution < -0.4 is 10.6 Å². The van der Waals surface area contributed by atoms with E-state index in [-0.39, 0.29) is 34.1 Å². The number of barbiturate groups is 1. The molecule has 168 valence electrons. The highest BCUT2D eigenvalue weighted by atomic mass is 32.1. The van der Waals surface area contributed by atoms with Gasteiger partial charge < -0.3 is 9.47 Å². The van der Waals surface area contributed by atoms with Gasteiger partial charge >= 0.3 is 18.0 Å². The van der Waals surface area contributed by atoms with E-state index in [1.807, 2.05) is 10.6 Å². The predicted octanol–water partition coefficient (Wildman–Crippen LogP) is 0.954. The Bertz CT molecular complexity index is 1060. The fourth-order valence-electron chi connectivity index (χ4n) is 2.84. The second kappa shape index (κ2) is 10.5. The molecule has 0 aliphatic carbocycles. The lowest BCUT2D eigenvalue weighted by molar-refractivity contribution is -0.133. The predicted molar refractivity (Wildman–Crippen MR) is 109 cm³/mol. The highest BCUT2D eigenvalue weighted by molar-refractivity contribution is 7.14. The van der Waals surface area contributed by atoms with E-state index in [4.69, 9.17) is 9.47 Å². The lowest BCUT2D eigenvalue weighted by Crippen LogP contribution is -2.55. The topological polar surface area (TPSA) is 169 Å². The number of ether oxygens (including phenoxy) is 2. The molecule has 2 rings (SSSR count). The molecule has 0 spiro atoms. The van der Waals surface area contributed by atoms with Gasteiger partial charge in [-0.3, -0.25) is 25.0 Å². The number of thiophene rings is 1. The molecule has 0 unspecified atom stereocenters. The van der Waals surface area contributed by atoms with Gasteiger partial charge in [0.15, 0.2) is 5.78 Å². The van der Waals surface area contributed by atoms with E-state index in [1.165, 1.54) is 6.92 Å². The molecule has 0 saturated carbocycles. The molecule has 0 atom stereocenters. The van der Waals surface area contributed by atoms with Gasteiger partial charge in [-0.05, 0) is 32.4 Å². The molecule has 0 bridgehead atoms. The maximum absolute atomic E-state index is 12.8. The molecule has 12 heteroatoms. The largest absolute Gasteiger partial charge is 0.462 e. The van der Waals surface area contributed by atoms with Crippen molar-refractivity contribution in [2.45, 2.75) is 27.2 Å². The fourth-order valence-corrected chi connectivity index (χ4v) is 4.03. The first-order valence-electron chi connectivity index (χ1n) is 9.41. The zero-order valence-corrected chi connectivity index (χ0v) is 18.2. The fraction of sp³-hybridized carbons (Fsp3) is 0.350. The standard InChI is InChI=1S/C20H19N3O8S/c1-4-30-18(27)14-9(3)15(19(28)31-5-2)32-13(14)7-12(24)10(8-21)6-11-16(25)22-20(29)23-17(11)26/h6,11H,4-5,7H2,1-3H3,(H2,22,23,25,26,29)/b10-6-. The molecule has 2 heterocycles. The van der Waals surface area contributed by atoms with Crippen LogP contribution in [0.3, 0.4) is 0 Å². The molecule has 1 aliphatic rings. The van der Waals surface area contributed by atoms with Crippen LogP contribution in [0.2, 0.25) is 0 Å². The van der Waals surface area contributed by atoms with E-state index < -0.39 is 53.5 Å². The summed E-state index contributed by atoms with van der Waals surface area (Å²) in [4.78, 5) is 72.6. The number of Topliss-reactive ketones (excluding diaryl/α,β-unsaturated/α-hetero) is 1. The van der Waals surface area contributed by atoms with Crippen molar-refractivity contribution in [1.29, 1.82) is 5.26 Å². The number of urea groups is 1. The van der Waals surface area contributed by atoms with Crippen LogP contribution in [0, 0.1) is 24.2 Å². The van der Waals surface area contributed by atoms with E-state index in [1.54, 1.807) is 19.9 Å². The Kier molecular flexibility index (Phi) is 7.97. The van der Waals surface area contributed by atoms with E-state index in [0.717, 1.165) is 17.4 Å². The number of hydrogen-bond donors (Lipinski definition) is 2. The van der Waals surface area contributed by atoms with Gasteiger partial charge in [0.05, 0.1) is 24.4 Å². The minimum atomic E-state index is -1.56. The van der Waals surface area contributed by atoms with Gasteiger partial charge in [0, 0.05) is 11.3 Å². The van der Waals surface area contributed by atoms with Crippen LogP contribution in [-0.2, 0) is 30.3 Å². The number of rotatable bonds is 8. The summed E-state index contributed by atoms with van der Waals surface area (Å²) in [7, 11) is 0. The minimum absolute atomic E-state index is 0.0179. The van der Waals surface area contributed by atoms with Crippen molar-refractivity contribution in [3.05, 3.63) is 32.5 Å². The third-order valence-electron chi connectivity index (χ3n) is 4.27. The highest BCUT2D eigenvalue weighted by Gasteiger charge is 2.34. The first-order valence-corrected chi connectivity index (χ1v) is 10.2. The Balaban J connectivity index is 2.41. The normalized spacial score (nSPS) is 14.3. The van der Waals surface area contributed by atoms with Gasteiger partial charge in [-0.25, -0.2) is 14.4 Å². The summed E-state index contributed by atoms with van der Waals surface area (Å²) in [6, 6.07) is 0.618. The third-order valence-corrected chi connectivity index (χ3v) is 5.55. The average molecular weight is 461 g/mol. The van der Waals surface area contributed by atoms with E-state index in [9.17, 15) is 34.0 Å². The van der Waals surface area contributed by atoms with Gasteiger partial charge in [0.25, 0.3) is 0 Å². The van der Waals surface area contributed by atoms with Crippen LogP contribution in [0.15, 0.2) is 11.6 Å². The Morgan fingerprint density at radius 1 is 1.06 bits per heavy atom. The Hall–Kier alpha value is -3.85. The SMILES string of the molecule is CCOC(=O)c1sc(CC(=O)/C(C#N)=C\C2C(=O)NC(=O)NC2=O)c(C(=O)OCC)c1C. The zero-order valence-electron chi connectivity index (χ0n) is 17.4. The van der Waals surface area contributed by atoms with Gasteiger partial charge in [-0.15, -0.1) is 11.3 Å². The van der Waals surface area contributed by atoms with Crippen molar-refractivity contribution in [3.8, 4) is 6.07 Å². The Labute approximate surface area is 186 Å². The number of nitriles is 1. The van der Waals surface area contributed by atoms with Crippen molar-refractivity contribution in [2.75, 3.05) is 13.2 Å². The lowest BCUT2D eigenvalue weighted by atomic mass is 9.98. The molecular formula is C20H19N3O8S.